The average Bonchev–Trinajstić information content (AvgIpc) is 3.41. The van der Waals surface area contributed by atoms with E-state index in [0.29, 0.717) is 0 Å². The molecule has 0 saturated carbocycles. The lowest BCUT2D eigenvalue weighted by atomic mass is 9.83. The van der Waals surface area contributed by atoms with Crippen molar-refractivity contribution in [2.24, 2.45) is 5.92 Å². The predicted molar refractivity (Wildman–Crippen MR) is 116 cm³/mol. The highest BCUT2D eigenvalue weighted by Crippen LogP contribution is 2.53. The maximum Gasteiger partial charge on any atom is 0.312 e. The van der Waals surface area contributed by atoms with E-state index >= 15 is 0 Å². The van der Waals surface area contributed by atoms with Crippen LogP contribution >= 0.6 is 23.1 Å². The van der Waals surface area contributed by atoms with Crippen molar-refractivity contribution in [3.8, 4) is 5.69 Å². The maximum absolute atomic E-state index is 13.0. The number of aromatic amines is 1. The van der Waals surface area contributed by atoms with Crippen molar-refractivity contribution in [2.45, 2.75) is 16.2 Å². The summed E-state index contributed by atoms with van der Waals surface area (Å²) in [5.74, 6) is -1.47. The van der Waals surface area contributed by atoms with Gasteiger partial charge >= 0.3 is 4.87 Å². The fourth-order valence-electron chi connectivity index (χ4n) is 4.48. The van der Waals surface area contributed by atoms with Gasteiger partial charge in [0.2, 0.25) is 11.8 Å². The first kappa shape index (κ1) is 17.7. The predicted octanol–water partition coefficient (Wildman–Crippen LogP) is 3.26. The minimum absolute atomic E-state index is 0.114. The molecule has 0 radical (unpaired) electrons. The number of fused-ring (bicyclic) bond motifs is 3. The van der Waals surface area contributed by atoms with Gasteiger partial charge in [0, 0.05) is 27.9 Å². The molecule has 6 rings (SSSR count). The monoisotopic (exact) mass is 433 g/mol. The molecule has 0 bridgehead atoms. The number of thiazole rings is 1. The second-order valence-corrected chi connectivity index (χ2v) is 9.52. The first-order valence-corrected chi connectivity index (χ1v) is 11.2. The van der Waals surface area contributed by atoms with Crippen LogP contribution < -0.4 is 10.2 Å². The lowest BCUT2D eigenvalue weighted by Crippen LogP contribution is -2.31. The molecule has 0 spiro atoms. The molecule has 0 unspecified atom stereocenters. The van der Waals surface area contributed by atoms with Gasteiger partial charge in [-0.05, 0) is 23.8 Å². The molecule has 0 aliphatic carbocycles. The number of rotatable bonds is 2. The number of carbonyl (C=O) groups is 2. The van der Waals surface area contributed by atoms with E-state index in [4.69, 9.17) is 0 Å². The summed E-state index contributed by atoms with van der Waals surface area (Å²) < 4.78 is 1.67. The van der Waals surface area contributed by atoms with Crippen LogP contribution in [0.1, 0.15) is 16.4 Å². The number of hydrogen-bond acceptors (Lipinski definition) is 5. The van der Waals surface area contributed by atoms with Gasteiger partial charge in [-0.3, -0.25) is 24.3 Å². The molecule has 2 aliphatic rings. The number of benzene rings is 2. The summed E-state index contributed by atoms with van der Waals surface area (Å²) in [7, 11) is 0. The Balaban J connectivity index is 1.64. The first-order valence-electron chi connectivity index (χ1n) is 9.52. The molecule has 2 aromatic heterocycles. The number of imide groups is 1. The first-order chi connectivity index (χ1) is 14.6. The van der Waals surface area contributed by atoms with Crippen molar-refractivity contribution in [1.29, 1.82) is 0 Å². The number of nitrogens with zero attached hydrogens (tertiary/aromatic N) is 1. The van der Waals surface area contributed by atoms with Crippen LogP contribution in [0.15, 0.2) is 70.6 Å². The van der Waals surface area contributed by atoms with Gasteiger partial charge in [0.25, 0.3) is 0 Å². The van der Waals surface area contributed by atoms with Crippen LogP contribution in [0, 0.1) is 5.92 Å². The largest absolute Gasteiger partial charge is 0.361 e. The molecule has 4 aromatic rings. The van der Waals surface area contributed by atoms with Crippen LogP contribution in [0.2, 0.25) is 0 Å². The second-order valence-electron chi connectivity index (χ2n) is 7.39. The summed E-state index contributed by atoms with van der Waals surface area (Å²) in [6.07, 6.45) is 1.90. The van der Waals surface area contributed by atoms with Gasteiger partial charge in [-0.1, -0.05) is 59.5 Å². The van der Waals surface area contributed by atoms with Gasteiger partial charge < -0.3 is 4.98 Å². The zero-order valence-electron chi connectivity index (χ0n) is 15.5. The van der Waals surface area contributed by atoms with E-state index < -0.39 is 11.2 Å². The summed E-state index contributed by atoms with van der Waals surface area (Å²) in [6, 6.07) is 17.3. The number of carbonyl (C=O) groups excluding carboxylic acids is 2. The highest BCUT2D eigenvalue weighted by Gasteiger charge is 2.53. The minimum Gasteiger partial charge on any atom is -0.361 e. The molecule has 3 atom stereocenters. The quantitative estimate of drug-likeness (QED) is 0.476. The SMILES string of the molecule is O=C1NC(=O)[C@H]2Sc3c(sc(=O)n3-c3ccccc3)[C@H](c3c[nH]c4ccccc34)[C@@H]12. The lowest BCUT2D eigenvalue weighted by molar-refractivity contribution is -0.125. The van der Waals surface area contributed by atoms with Gasteiger partial charge in [0.1, 0.15) is 5.25 Å². The van der Waals surface area contributed by atoms with Crippen molar-refractivity contribution in [1.82, 2.24) is 14.9 Å². The van der Waals surface area contributed by atoms with E-state index in [2.05, 4.69) is 10.3 Å². The number of nitrogens with one attached hydrogen (secondary N) is 2. The van der Waals surface area contributed by atoms with Crippen LogP contribution in [0.3, 0.4) is 0 Å². The Kier molecular flexibility index (Phi) is 3.81. The molecule has 2 aliphatic heterocycles. The van der Waals surface area contributed by atoms with Crippen molar-refractivity contribution in [3.05, 3.63) is 80.9 Å². The maximum atomic E-state index is 13.0. The highest BCUT2D eigenvalue weighted by atomic mass is 32.2. The van der Waals surface area contributed by atoms with Gasteiger partial charge in [-0.15, -0.1) is 0 Å². The number of H-pyrrole nitrogens is 1. The summed E-state index contributed by atoms with van der Waals surface area (Å²) in [5, 5.41) is 3.69. The molecule has 1 saturated heterocycles. The Morgan fingerprint density at radius 3 is 2.50 bits per heavy atom. The Bertz CT molecular complexity index is 1390. The molecule has 2 N–H and O–H groups in total. The topological polar surface area (TPSA) is 84.0 Å². The molecular formula is C22H15N3O3S2. The van der Waals surface area contributed by atoms with E-state index in [-0.39, 0.29) is 22.6 Å². The zero-order chi connectivity index (χ0) is 20.4. The molecule has 2 aromatic carbocycles. The number of thioether (sulfide) groups is 1. The Morgan fingerprint density at radius 2 is 1.67 bits per heavy atom. The summed E-state index contributed by atoms with van der Waals surface area (Å²) >= 11 is 2.48. The summed E-state index contributed by atoms with van der Waals surface area (Å²) in [5.41, 5.74) is 2.66. The molecule has 8 heteroatoms. The smallest absolute Gasteiger partial charge is 0.312 e. The number of para-hydroxylation sites is 2. The number of hydrogen-bond donors (Lipinski definition) is 2. The van der Waals surface area contributed by atoms with E-state index in [1.807, 2.05) is 60.8 Å². The van der Waals surface area contributed by atoms with E-state index in [1.165, 1.54) is 11.8 Å². The molecule has 1 fully saturated rings. The van der Waals surface area contributed by atoms with Gasteiger partial charge in [-0.25, -0.2) is 0 Å². The van der Waals surface area contributed by atoms with Gasteiger partial charge in [0.15, 0.2) is 0 Å². The van der Waals surface area contributed by atoms with Crippen molar-refractivity contribution >= 4 is 45.8 Å². The lowest BCUT2D eigenvalue weighted by Gasteiger charge is -2.30. The van der Waals surface area contributed by atoms with Crippen LogP contribution in [-0.2, 0) is 9.59 Å². The molecule has 6 nitrogen and oxygen atoms in total. The fraction of sp³-hybridized carbons (Fsp3) is 0.136. The van der Waals surface area contributed by atoms with Gasteiger partial charge in [-0.2, -0.15) is 0 Å². The standard InChI is InChI=1S/C22H15N3O3S2/c26-19-16-15(13-10-23-14-9-5-4-8-12(13)14)18-21(29-17(16)20(27)24-19)25(22(28)30-18)11-6-2-1-3-7-11/h1-10,15-17,23H,(H,24,26,27)/t15-,16-,17+/m1/s1. The van der Waals surface area contributed by atoms with E-state index in [9.17, 15) is 14.4 Å². The second kappa shape index (κ2) is 6.45. The van der Waals surface area contributed by atoms with Crippen LogP contribution in [0.25, 0.3) is 16.6 Å². The molecule has 2 amide bonds. The van der Waals surface area contributed by atoms with Crippen molar-refractivity contribution in [2.75, 3.05) is 0 Å². The van der Waals surface area contributed by atoms with Crippen LogP contribution in [0.5, 0.6) is 0 Å². The van der Waals surface area contributed by atoms with Crippen molar-refractivity contribution < 1.29 is 9.59 Å². The Morgan fingerprint density at radius 1 is 0.900 bits per heavy atom. The Labute approximate surface area is 178 Å². The van der Waals surface area contributed by atoms with Gasteiger partial charge in [0.05, 0.1) is 16.6 Å². The summed E-state index contributed by atoms with van der Waals surface area (Å²) in [6.45, 7) is 0. The third-order valence-corrected chi connectivity index (χ3v) is 8.32. The zero-order valence-corrected chi connectivity index (χ0v) is 17.1. The number of aromatic nitrogens is 2. The van der Waals surface area contributed by atoms with E-state index in [1.54, 1.807) is 4.57 Å². The molecule has 30 heavy (non-hydrogen) atoms. The van der Waals surface area contributed by atoms with Crippen LogP contribution in [-0.4, -0.2) is 26.6 Å². The normalized spacial score (nSPS) is 22.7. The van der Waals surface area contributed by atoms with Crippen LogP contribution in [0.4, 0.5) is 0 Å². The van der Waals surface area contributed by atoms with Crippen molar-refractivity contribution in [3.63, 3.8) is 0 Å². The molecule has 4 heterocycles. The average molecular weight is 434 g/mol. The molecular weight excluding hydrogens is 418 g/mol. The minimum atomic E-state index is -0.562. The molecule has 148 valence electrons. The fourth-order valence-corrected chi connectivity index (χ4v) is 7.24. The Hall–Kier alpha value is -3.10. The third-order valence-electron chi connectivity index (χ3n) is 5.78. The highest BCUT2D eigenvalue weighted by molar-refractivity contribution is 8.00. The number of amides is 2. The third kappa shape index (κ3) is 2.41. The summed E-state index contributed by atoms with van der Waals surface area (Å²) in [4.78, 5) is 42.5. The van der Waals surface area contributed by atoms with E-state index in [0.717, 1.165) is 43.4 Å².